The first-order chi connectivity index (χ1) is 17.4. The number of benzene rings is 3. The first-order valence-electron chi connectivity index (χ1n) is 12.7. The first-order valence-corrected chi connectivity index (χ1v) is 15.6. The van der Waals surface area contributed by atoms with Crippen LogP contribution in [0.2, 0.25) is 18.1 Å². The van der Waals surface area contributed by atoms with Gasteiger partial charge in [-0.25, -0.2) is 4.79 Å². The van der Waals surface area contributed by atoms with Gasteiger partial charge in [-0.1, -0.05) is 69.3 Å². The number of hydrogen-bond donors (Lipinski definition) is 3. The Morgan fingerprint density at radius 3 is 2.16 bits per heavy atom. The zero-order chi connectivity index (χ0) is 27.1. The summed E-state index contributed by atoms with van der Waals surface area (Å²) in [7, 11) is -1.80. The van der Waals surface area contributed by atoms with Crippen molar-refractivity contribution < 1.29 is 19.1 Å². The van der Waals surface area contributed by atoms with Crippen LogP contribution in [0.3, 0.4) is 0 Å². The Morgan fingerprint density at radius 2 is 1.54 bits per heavy atom. The van der Waals surface area contributed by atoms with Gasteiger partial charge in [-0.3, -0.25) is 10.1 Å². The molecule has 0 aromatic heterocycles. The zero-order valence-corrected chi connectivity index (χ0v) is 23.4. The summed E-state index contributed by atoms with van der Waals surface area (Å²) in [5.74, 6) is -0.0299. The Bertz CT molecular complexity index is 1200. The van der Waals surface area contributed by atoms with E-state index in [0.717, 1.165) is 27.9 Å². The lowest BCUT2D eigenvalue weighted by Crippen LogP contribution is -2.40. The van der Waals surface area contributed by atoms with Crippen LogP contribution in [0.15, 0.2) is 72.8 Å². The van der Waals surface area contributed by atoms with Crippen molar-refractivity contribution in [1.29, 1.82) is 0 Å². The van der Waals surface area contributed by atoms with E-state index in [2.05, 4.69) is 44.5 Å². The van der Waals surface area contributed by atoms with Crippen molar-refractivity contribution in [3.8, 4) is 11.1 Å². The second-order valence-corrected chi connectivity index (χ2v) is 15.6. The summed E-state index contributed by atoms with van der Waals surface area (Å²) in [6, 6.07) is 23.2. The van der Waals surface area contributed by atoms with Crippen molar-refractivity contribution in [1.82, 2.24) is 0 Å². The van der Waals surface area contributed by atoms with Gasteiger partial charge in [0.2, 0.25) is 5.91 Å². The van der Waals surface area contributed by atoms with E-state index in [0.29, 0.717) is 31.6 Å². The smallest absolute Gasteiger partial charge is 0.409 e. The van der Waals surface area contributed by atoms with E-state index in [1.54, 1.807) is 6.07 Å². The van der Waals surface area contributed by atoms with Gasteiger partial charge in [-0.15, -0.1) is 0 Å². The molecule has 2 amide bonds. The highest BCUT2D eigenvalue weighted by Crippen LogP contribution is 2.37. The normalized spacial score (nSPS) is 11.7. The lowest BCUT2D eigenvalue weighted by atomic mass is 9.98. The molecule has 37 heavy (non-hydrogen) atoms. The average molecular weight is 519 g/mol. The molecule has 0 aliphatic rings. The van der Waals surface area contributed by atoms with Crippen molar-refractivity contribution in [2.75, 3.05) is 10.6 Å². The van der Waals surface area contributed by atoms with Crippen LogP contribution < -0.4 is 10.6 Å². The molecule has 0 aliphatic carbocycles. The van der Waals surface area contributed by atoms with Gasteiger partial charge in [0.05, 0.1) is 12.3 Å². The van der Waals surface area contributed by atoms with Crippen LogP contribution in [-0.4, -0.2) is 25.4 Å². The number of nitrogens with one attached hydrogen (secondary N) is 2. The van der Waals surface area contributed by atoms with Gasteiger partial charge in [-0.2, -0.15) is 0 Å². The predicted octanol–water partition coefficient (Wildman–Crippen LogP) is 7.93. The van der Waals surface area contributed by atoms with Crippen LogP contribution in [0, 0.1) is 0 Å². The minimum atomic E-state index is -1.80. The molecule has 0 bridgehead atoms. The molecule has 0 aliphatic heterocycles. The number of rotatable bonds is 10. The molecule has 3 rings (SSSR count). The standard InChI is InChI=1S/C30H38N2O4Si/c1-30(2,3)37(4,5)36-21-23-14-17-25(18-15-23)31-28(33)13-9-10-22-16-19-27(32-29(34)35)26(20-22)24-11-7-6-8-12-24/h6-8,11-12,14-20,32H,9-10,13,21H2,1-5H3,(H,31,33)(H,34,35). The van der Waals surface area contributed by atoms with E-state index >= 15 is 0 Å². The van der Waals surface area contributed by atoms with Crippen molar-refractivity contribution >= 4 is 31.7 Å². The van der Waals surface area contributed by atoms with Gasteiger partial charge >= 0.3 is 6.09 Å². The van der Waals surface area contributed by atoms with Gasteiger partial charge in [0.15, 0.2) is 8.32 Å². The topological polar surface area (TPSA) is 87.7 Å². The summed E-state index contributed by atoms with van der Waals surface area (Å²) in [5.41, 5.74) is 5.22. The largest absolute Gasteiger partial charge is 0.465 e. The lowest BCUT2D eigenvalue weighted by Gasteiger charge is -2.36. The fourth-order valence-electron chi connectivity index (χ4n) is 3.67. The Kier molecular flexibility index (Phi) is 9.29. The fraction of sp³-hybridized carbons (Fsp3) is 0.333. The molecule has 0 atom stereocenters. The number of carbonyl (C=O) groups excluding carboxylic acids is 1. The molecule has 0 radical (unpaired) electrons. The lowest BCUT2D eigenvalue weighted by molar-refractivity contribution is -0.116. The minimum absolute atomic E-state index is 0.0299. The maximum absolute atomic E-state index is 12.5. The molecule has 7 heteroatoms. The third-order valence-corrected chi connectivity index (χ3v) is 11.4. The summed E-state index contributed by atoms with van der Waals surface area (Å²) < 4.78 is 6.28. The maximum Gasteiger partial charge on any atom is 0.409 e. The van der Waals surface area contributed by atoms with Crippen LogP contribution in [-0.2, 0) is 22.2 Å². The van der Waals surface area contributed by atoms with Crippen LogP contribution >= 0.6 is 0 Å². The van der Waals surface area contributed by atoms with Crippen molar-refractivity contribution in [3.63, 3.8) is 0 Å². The Balaban J connectivity index is 1.53. The highest BCUT2D eigenvalue weighted by molar-refractivity contribution is 6.74. The molecule has 3 aromatic carbocycles. The molecule has 0 unspecified atom stereocenters. The summed E-state index contributed by atoms with van der Waals surface area (Å²) >= 11 is 0. The summed E-state index contributed by atoms with van der Waals surface area (Å²) in [4.78, 5) is 23.7. The van der Waals surface area contributed by atoms with Crippen LogP contribution in [0.1, 0.15) is 44.7 Å². The zero-order valence-electron chi connectivity index (χ0n) is 22.4. The Labute approximate surface area is 221 Å². The van der Waals surface area contributed by atoms with Gasteiger partial charge in [0.25, 0.3) is 0 Å². The molecule has 0 fully saturated rings. The summed E-state index contributed by atoms with van der Waals surface area (Å²) in [6.45, 7) is 11.7. The van der Waals surface area contributed by atoms with Crippen LogP contribution in [0.25, 0.3) is 11.1 Å². The number of anilines is 2. The number of aryl methyl sites for hydroxylation is 1. The predicted molar refractivity (Wildman–Crippen MR) is 154 cm³/mol. The van der Waals surface area contributed by atoms with Gasteiger partial charge in [0, 0.05) is 17.7 Å². The highest BCUT2D eigenvalue weighted by Gasteiger charge is 2.36. The van der Waals surface area contributed by atoms with E-state index < -0.39 is 14.4 Å². The van der Waals surface area contributed by atoms with Gasteiger partial charge < -0.3 is 14.8 Å². The summed E-state index contributed by atoms with van der Waals surface area (Å²) in [6.07, 6.45) is 0.693. The molecule has 3 N–H and O–H groups in total. The number of amides is 2. The SMILES string of the molecule is CC(C)(C)[Si](C)(C)OCc1ccc(NC(=O)CCCc2ccc(NC(=O)O)c(-c3ccccc3)c2)cc1. The van der Waals surface area contributed by atoms with E-state index in [9.17, 15) is 14.7 Å². The molecular formula is C30H38N2O4Si. The molecule has 0 saturated carbocycles. The second-order valence-electron chi connectivity index (χ2n) is 10.8. The van der Waals surface area contributed by atoms with Gasteiger partial charge in [-0.05, 0) is 71.9 Å². The fourth-order valence-corrected chi connectivity index (χ4v) is 4.63. The molecule has 6 nitrogen and oxygen atoms in total. The molecule has 0 saturated heterocycles. The maximum atomic E-state index is 12.5. The van der Waals surface area contributed by atoms with E-state index in [1.807, 2.05) is 66.7 Å². The molecule has 0 spiro atoms. The van der Waals surface area contributed by atoms with E-state index in [1.165, 1.54) is 0 Å². The summed E-state index contributed by atoms with van der Waals surface area (Å²) in [5, 5.41) is 14.8. The van der Waals surface area contributed by atoms with Crippen molar-refractivity contribution in [3.05, 3.63) is 83.9 Å². The second kappa shape index (κ2) is 12.2. The molecule has 0 heterocycles. The molecule has 3 aromatic rings. The Hall–Kier alpha value is -3.42. The Morgan fingerprint density at radius 1 is 0.892 bits per heavy atom. The van der Waals surface area contributed by atoms with Gasteiger partial charge in [0.1, 0.15) is 0 Å². The molecular weight excluding hydrogens is 480 g/mol. The van der Waals surface area contributed by atoms with Crippen molar-refractivity contribution in [2.45, 2.75) is 64.8 Å². The molecule has 196 valence electrons. The van der Waals surface area contributed by atoms with Crippen molar-refractivity contribution in [2.24, 2.45) is 0 Å². The van der Waals surface area contributed by atoms with Crippen LogP contribution in [0.4, 0.5) is 16.2 Å². The van der Waals surface area contributed by atoms with E-state index in [-0.39, 0.29) is 10.9 Å². The first kappa shape index (κ1) is 28.2. The third kappa shape index (κ3) is 8.30. The van der Waals surface area contributed by atoms with Crippen LogP contribution in [0.5, 0.6) is 0 Å². The average Bonchev–Trinajstić information content (AvgIpc) is 2.84. The monoisotopic (exact) mass is 518 g/mol. The third-order valence-electron chi connectivity index (χ3n) is 6.92. The van der Waals surface area contributed by atoms with E-state index in [4.69, 9.17) is 4.43 Å². The minimum Gasteiger partial charge on any atom is -0.465 e. The number of carbonyl (C=O) groups is 2. The number of hydrogen-bond acceptors (Lipinski definition) is 3. The highest BCUT2D eigenvalue weighted by atomic mass is 28.4. The number of carboxylic acid groups (broad SMARTS) is 1. The quantitative estimate of drug-likeness (QED) is 0.238.